The lowest BCUT2D eigenvalue weighted by atomic mass is 10.2. The van der Waals surface area contributed by atoms with Crippen molar-refractivity contribution < 1.29 is 14.5 Å². The van der Waals surface area contributed by atoms with Gasteiger partial charge in [0.2, 0.25) is 0 Å². The van der Waals surface area contributed by atoms with Crippen LogP contribution in [0, 0.1) is 10.1 Å². The highest BCUT2D eigenvalue weighted by molar-refractivity contribution is 6.30. The monoisotopic (exact) mass is 358 g/mol. The average molecular weight is 359 g/mol. The first-order valence-electron chi connectivity index (χ1n) is 7.16. The number of hydrogen-bond acceptors (Lipinski definition) is 5. The Kier molecular flexibility index (Phi) is 4.44. The van der Waals surface area contributed by atoms with Crippen molar-refractivity contribution in [3.05, 3.63) is 69.2 Å². The number of nitrogens with one attached hydrogen (secondary N) is 1. The van der Waals surface area contributed by atoms with Gasteiger partial charge in [0.1, 0.15) is 5.84 Å². The molecule has 0 bridgehead atoms. The summed E-state index contributed by atoms with van der Waals surface area (Å²) < 4.78 is 0. The van der Waals surface area contributed by atoms with Crippen LogP contribution in [0.3, 0.4) is 0 Å². The molecule has 0 unspecified atom stereocenters. The highest BCUT2D eigenvalue weighted by atomic mass is 35.5. The molecule has 0 atom stereocenters. The average Bonchev–Trinajstić information content (AvgIpc) is 2.96. The van der Waals surface area contributed by atoms with Crippen molar-refractivity contribution in [2.45, 2.75) is 6.42 Å². The number of nitrogens with zero attached hydrogens (tertiary/aromatic N) is 3. The zero-order valence-corrected chi connectivity index (χ0v) is 13.4. The van der Waals surface area contributed by atoms with Crippen LogP contribution in [0.2, 0.25) is 5.02 Å². The van der Waals surface area contributed by atoms with Crippen molar-refractivity contribution in [1.29, 1.82) is 0 Å². The second kappa shape index (κ2) is 6.70. The predicted molar refractivity (Wildman–Crippen MR) is 91.6 cm³/mol. The van der Waals surface area contributed by atoms with Gasteiger partial charge in [-0.25, -0.2) is 0 Å². The van der Waals surface area contributed by atoms with Gasteiger partial charge in [-0.3, -0.25) is 19.7 Å². The van der Waals surface area contributed by atoms with Gasteiger partial charge in [0.05, 0.1) is 17.0 Å². The van der Waals surface area contributed by atoms with E-state index in [1.807, 2.05) is 0 Å². The Morgan fingerprint density at radius 2 is 1.96 bits per heavy atom. The van der Waals surface area contributed by atoms with E-state index < -0.39 is 10.8 Å². The van der Waals surface area contributed by atoms with Gasteiger partial charge in [-0.2, -0.15) is 10.1 Å². The third kappa shape index (κ3) is 3.64. The second-order valence-corrected chi connectivity index (χ2v) is 5.60. The quantitative estimate of drug-likeness (QED) is 0.672. The maximum atomic E-state index is 12.2. The standard InChI is InChI=1S/C16H11ClN4O4/c17-11-4-6-12(7-5-11)20-15(22)9-14(19-20)18-16(23)10-2-1-3-13(8-10)21(24)25/h1-8H,9H2,(H,18,19,23). The van der Waals surface area contributed by atoms with Crippen LogP contribution >= 0.6 is 11.6 Å². The first kappa shape index (κ1) is 16.6. The molecule has 2 aromatic carbocycles. The number of carbonyl (C=O) groups is 2. The zero-order valence-electron chi connectivity index (χ0n) is 12.7. The molecular formula is C16H11ClN4O4. The zero-order chi connectivity index (χ0) is 18.0. The van der Waals surface area contributed by atoms with Gasteiger partial charge < -0.3 is 5.32 Å². The van der Waals surface area contributed by atoms with Crippen LogP contribution in [-0.4, -0.2) is 22.6 Å². The lowest BCUT2D eigenvalue weighted by Crippen LogP contribution is -2.29. The number of anilines is 1. The Bertz CT molecular complexity index is 895. The van der Waals surface area contributed by atoms with E-state index >= 15 is 0 Å². The molecule has 0 spiro atoms. The third-order valence-corrected chi connectivity index (χ3v) is 3.68. The van der Waals surface area contributed by atoms with Gasteiger partial charge in [0.15, 0.2) is 0 Å². The third-order valence-electron chi connectivity index (χ3n) is 3.42. The van der Waals surface area contributed by atoms with Crippen LogP contribution in [0.5, 0.6) is 0 Å². The number of hydrazone groups is 1. The number of amides is 2. The molecule has 9 heteroatoms. The van der Waals surface area contributed by atoms with Crippen LogP contribution in [0.4, 0.5) is 11.4 Å². The van der Waals surface area contributed by atoms with E-state index in [1.165, 1.54) is 23.2 Å². The van der Waals surface area contributed by atoms with Crippen LogP contribution in [-0.2, 0) is 4.79 Å². The molecule has 0 aromatic heterocycles. The first-order chi connectivity index (χ1) is 11.9. The normalized spacial score (nSPS) is 13.6. The summed E-state index contributed by atoms with van der Waals surface area (Å²) in [7, 11) is 0. The molecule has 25 heavy (non-hydrogen) atoms. The Morgan fingerprint density at radius 1 is 1.24 bits per heavy atom. The van der Waals surface area contributed by atoms with Crippen molar-refractivity contribution in [2.75, 3.05) is 5.01 Å². The van der Waals surface area contributed by atoms with Crippen molar-refractivity contribution in [3.63, 3.8) is 0 Å². The number of nitro benzene ring substituents is 1. The summed E-state index contributed by atoms with van der Waals surface area (Å²) in [6.07, 6.45) is -0.0801. The Balaban J connectivity index is 1.76. The minimum atomic E-state index is -0.588. The van der Waals surface area contributed by atoms with Crippen LogP contribution in [0.15, 0.2) is 53.6 Å². The number of carbonyl (C=O) groups excluding carboxylic acids is 2. The molecule has 0 saturated heterocycles. The Labute approximate surface area is 146 Å². The fraction of sp³-hybridized carbons (Fsp3) is 0.0625. The summed E-state index contributed by atoms with van der Waals surface area (Å²) in [5, 5.41) is 19.1. The van der Waals surface area contributed by atoms with E-state index in [0.29, 0.717) is 10.7 Å². The molecule has 0 fully saturated rings. The van der Waals surface area contributed by atoms with Crippen LogP contribution < -0.4 is 10.3 Å². The second-order valence-electron chi connectivity index (χ2n) is 5.17. The number of rotatable bonds is 3. The minimum absolute atomic E-state index is 0.0801. The SMILES string of the molecule is O=C(NC1=NN(c2ccc(Cl)cc2)C(=O)C1)c1cccc([N+](=O)[O-])c1. The molecule has 1 N–H and O–H groups in total. The molecular weight excluding hydrogens is 348 g/mol. The van der Waals surface area contributed by atoms with Crippen LogP contribution in [0.1, 0.15) is 16.8 Å². The van der Waals surface area contributed by atoms with Gasteiger partial charge >= 0.3 is 0 Å². The van der Waals surface area contributed by atoms with E-state index in [0.717, 1.165) is 6.07 Å². The fourth-order valence-corrected chi connectivity index (χ4v) is 2.37. The molecule has 0 aliphatic carbocycles. The summed E-state index contributed by atoms with van der Waals surface area (Å²) in [4.78, 5) is 34.5. The molecule has 126 valence electrons. The maximum Gasteiger partial charge on any atom is 0.270 e. The topological polar surface area (TPSA) is 105 Å². The van der Waals surface area contributed by atoms with E-state index in [9.17, 15) is 19.7 Å². The first-order valence-corrected chi connectivity index (χ1v) is 7.53. The molecule has 1 aliphatic rings. The summed E-state index contributed by atoms with van der Waals surface area (Å²) in [6.45, 7) is 0. The number of non-ortho nitro benzene ring substituents is 1. The van der Waals surface area contributed by atoms with Crippen molar-refractivity contribution >= 4 is 40.6 Å². The molecule has 8 nitrogen and oxygen atoms in total. The number of hydrogen-bond donors (Lipinski definition) is 1. The smallest absolute Gasteiger partial charge is 0.270 e. The van der Waals surface area contributed by atoms with Gasteiger partial charge in [-0.1, -0.05) is 17.7 Å². The summed E-state index contributed by atoms with van der Waals surface area (Å²) >= 11 is 5.81. The Hall–Kier alpha value is -3.26. The molecule has 1 aliphatic heterocycles. The number of amidine groups is 1. The van der Waals surface area contributed by atoms with E-state index in [4.69, 9.17) is 11.6 Å². The van der Waals surface area contributed by atoms with Crippen LogP contribution in [0.25, 0.3) is 0 Å². The highest BCUT2D eigenvalue weighted by Gasteiger charge is 2.26. The molecule has 1 heterocycles. The van der Waals surface area contributed by atoms with Gasteiger partial charge in [-0.15, -0.1) is 0 Å². The largest absolute Gasteiger partial charge is 0.308 e. The van der Waals surface area contributed by atoms with Crippen molar-refractivity contribution in [1.82, 2.24) is 5.32 Å². The molecule has 0 saturated carbocycles. The summed E-state index contributed by atoms with van der Waals surface area (Å²) in [6, 6.07) is 11.8. The van der Waals surface area contributed by atoms with Gasteiger partial charge in [0, 0.05) is 22.7 Å². The van der Waals surface area contributed by atoms with E-state index in [-0.39, 0.29) is 29.4 Å². The lowest BCUT2D eigenvalue weighted by Gasteiger charge is -2.10. The summed E-state index contributed by atoms with van der Waals surface area (Å²) in [5.41, 5.74) is 0.433. The Morgan fingerprint density at radius 3 is 2.64 bits per heavy atom. The predicted octanol–water partition coefficient (Wildman–Crippen LogP) is 2.73. The van der Waals surface area contributed by atoms with Crippen molar-refractivity contribution in [3.8, 4) is 0 Å². The van der Waals surface area contributed by atoms with Crippen molar-refractivity contribution in [2.24, 2.45) is 5.10 Å². The molecule has 2 amide bonds. The number of nitro groups is 1. The van der Waals surface area contributed by atoms with E-state index in [1.54, 1.807) is 24.3 Å². The lowest BCUT2D eigenvalue weighted by molar-refractivity contribution is -0.384. The molecule has 3 rings (SSSR count). The molecule has 0 radical (unpaired) electrons. The molecule has 2 aromatic rings. The minimum Gasteiger partial charge on any atom is -0.308 e. The van der Waals surface area contributed by atoms with Gasteiger partial charge in [-0.05, 0) is 30.3 Å². The highest BCUT2D eigenvalue weighted by Crippen LogP contribution is 2.22. The van der Waals surface area contributed by atoms with E-state index in [2.05, 4.69) is 10.4 Å². The fourth-order valence-electron chi connectivity index (χ4n) is 2.25. The number of halogens is 1. The van der Waals surface area contributed by atoms with Gasteiger partial charge in [0.25, 0.3) is 17.5 Å². The number of benzene rings is 2. The summed E-state index contributed by atoms with van der Waals surface area (Å²) in [5.74, 6) is -0.721. The maximum absolute atomic E-state index is 12.2.